The predicted octanol–water partition coefficient (Wildman–Crippen LogP) is 2.08. The molecule has 0 saturated heterocycles. The van der Waals surface area contributed by atoms with Crippen molar-refractivity contribution < 1.29 is 10.0 Å². The minimum Gasteiger partial charge on any atom is -0.409 e. The van der Waals surface area contributed by atoms with Gasteiger partial charge in [0.1, 0.15) is 5.69 Å². The third-order valence-electron chi connectivity index (χ3n) is 2.52. The van der Waals surface area contributed by atoms with Crippen molar-refractivity contribution in [3.05, 3.63) is 58.9 Å². The van der Waals surface area contributed by atoms with E-state index in [0.29, 0.717) is 11.3 Å². The second kappa shape index (κ2) is 6.03. The van der Waals surface area contributed by atoms with Crippen LogP contribution in [0.2, 0.25) is 5.02 Å². The number of nitrogens with zero attached hydrogens (tertiary/aromatic N) is 2. The number of hydrogen-bond acceptors (Lipinski definition) is 4. The van der Waals surface area contributed by atoms with Gasteiger partial charge in [0.25, 0.3) is 5.91 Å². The summed E-state index contributed by atoms with van der Waals surface area (Å²) >= 11 is 6.03. The highest BCUT2D eigenvalue weighted by molar-refractivity contribution is 6.34. The van der Waals surface area contributed by atoms with Crippen molar-refractivity contribution in [2.24, 2.45) is 10.9 Å². The van der Waals surface area contributed by atoms with E-state index in [1.807, 2.05) is 0 Å². The molecule has 1 aromatic heterocycles. The number of oxime groups is 1. The lowest BCUT2D eigenvalue weighted by molar-refractivity contribution is 0.102. The van der Waals surface area contributed by atoms with Crippen LogP contribution >= 0.6 is 11.6 Å². The number of halogens is 1. The Labute approximate surface area is 119 Å². The Hall–Kier alpha value is -2.60. The van der Waals surface area contributed by atoms with E-state index in [2.05, 4.69) is 15.5 Å². The average Bonchev–Trinajstić information content (AvgIpc) is 2.49. The maximum atomic E-state index is 11.9. The summed E-state index contributed by atoms with van der Waals surface area (Å²) in [5.74, 6) is -0.432. The molecular formula is C13H11ClN4O2. The molecule has 2 rings (SSSR count). The van der Waals surface area contributed by atoms with Gasteiger partial charge >= 0.3 is 0 Å². The largest absolute Gasteiger partial charge is 0.409 e. The first-order valence-corrected chi connectivity index (χ1v) is 5.99. The first-order chi connectivity index (χ1) is 9.61. The van der Waals surface area contributed by atoms with Crippen LogP contribution in [0.3, 0.4) is 0 Å². The molecule has 7 heteroatoms. The fourth-order valence-electron chi connectivity index (χ4n) is 1.52. The van der Waals surface area contributed by atoms with Crippen molar-refractivity contribution in [1.82, 2.24) is 4.98 Å². The topological polar surface area (TPSA) is 101 Å². The first-order valence-electron chi connectivity index (χ1n) is 5.61. The molecule has 6 nitrogen and oxygen atoms in total. The molecule has 1 aromatic carbocycles. The Morgan fingerprint density at radius 2 is 2.15 bits per heavy atom. The molecule has 2 aromatic rings. The van der Waals surface area contributed by atoms with Crippen molar-refractivity contribution in [2.75, 3.05) is 5.32 Å². The summed E-state index contributed by atoms with van der Waals surface area (Å²) in [6.45, 7) is 0. The SMILES string of the molecule is N/C(=N/O)c1ccc(NC(=O)c2ccccn2)c(Cl)c1. The number of amidine groups is 1. The van der Waals surface area contributed by atoms with Gasteiger partial charge in [-0.3, -0.25) is 9.78 Å². The van der Waals surface area contributed by atoms with Crippen molar-refractivity contribution in [2.45, 2.75) is 0 Å². The number of nitrogens with one attached hydrogen (secondary N) is 1. The quantitative estimate of drug-likeness (QED) is 0.349. The van der Waals surface area contributed by atoms with Gasteiger partial charge in [-0.05, 0) is 30.3 Å². The summed E-state index contributed by atoms with van der Waals surface area (Å²) in [6.07, 6.45) is 1.53. The number of pyridine rings is 1. The van der Waals surface area contributed by atoms with Crippen LogP contribution in [0.5, 0.6) is 0 Å². The number of hydrogen-bond donors (Lipinski definition) is 3. The highest BCUT2D eigenvalue weighted by Gasteiger charge is 2.10. The van der Waals surface area contributed by atoms with Crippen molar-refractivity contribution in [3.8, 4) is 0 Å². The molecule has 0 aliphatic rings. The van der Waals surface area contributed by atoms with Gasteiger partial charge in [0.05, 0.1) is 10.7 Å². The van der Waals surface area contributed by atoms with Gasteiger partial charge in [-0.25, -0.2) is 0 Å². The second-order valence-corrected chi connectivity index (χ2v) is 4.26. The maximum absolute atomic E-state index is 11.9. The molecule has 0 aliphatic carbocycles. The number of amides is 1. The van der Waals surface area contributed by atoms with Gasteiger partial charge in [0.2, 0.25) is 0 Å². The molecule has 0 unspecified atom stereocenters. The first kappa shape index (κ1) is 13.8. The normalized spacial score (nSPS) is 11.2. The Bertz CT molecular complexity index is 659. The van der Waals surface area contributed by atoms with Crippen LogP contribution < -0.4 is 11.1 Å². The summed E-state index contributed by atoms with van der Waals surface area (Å²) in [6, 6.07) is 9.66. The molecule has 0 spiro atoms. The smallest absolute Gasteiger partial charge is 0.274 e. The number of aromatic nitrogens is 1. The van der Waals surface area contributed by atoms with Crippen molar-refractivity contribution in [3.63, 3.8) is 0 Å². The number of anilines is 1. The van der Waals surface area contributed by atoms with Crippen LogP contribution in [0.25, 0.3) is 0 Å². The van der Waals surface area contributed by atoms with E-state index in [-0.39, 0.29) is 22.5 Å². The van der Waals surface area contributed by atoms with Gasteiger partial charge in [0, 0.05) is 11.8 Å². The molecule has 102 valence electrons. The van der Waals surface area contributed by atoms with Gasteiger partial charge in [0.15, 0.2) is 5.84 Å². The van der Waals surface area contributed by atoms with E-state index < -0.39 is 0 Å². The maximum Gasteiger partial charge on any atom is 0.274 e. The third kappa shape index (κ3) is 3.04. The van der Waals surface area contributed by atoms with Crippen LogP contribution in [0, 0.1) is 0 Å². The Balaban J connectivity index is 2.21. The summed E-state index contributed by atoms with van der Waals surface area (Å²) in [7, 11) is 0. The van der Waals surface area contributed by atoms with Crippen molar-refractivity contribution >= 4 is 29.0 Å². The fourth-order valence-corrected chi connectivity index (χ4v) is 1.74. The number of carbonyl (C=O) groups is 1. The van der Waals surface area contributed by atoms with Gasteiger partial charge < -0.3 is 16.3 Å². The van der Waals surface area contributed by atoms with Crippen LogP contribution in [0.1, 0.15) is 16.1 Å². The van der Waals surface area contributed by atoms with E-state index >= 15 is 0 Å². The van der Waals surface area contributed by atoms with E-state index in [1.165, 1.54) is 12.3 Å². The van der Waals surface area contributed by atoms with E-state index in [4.69, 9.17) is 22.5 Å². The van der Waals surface area contributed by atoms with Gasteiger partial charge in [-0.1, -0.05) is 22.8 Å². The zero-order valence-electron chi connectivity index (χ0n) is 10.2. The lowest BCUT2D eigenvalue weighted by atomic mass is 10.2. The van der Waals surface area contributed by atoms with Crippen LogP contribution in [-0.2, 0) is 0 Å². The summed E-state index contributed by atoms with van der Waals surface area (Å²) < 4.78 is 0. The zero-order valence-corrected chi connectivity index (χ0v) is 11.0. The molecule has 0 radical (unpaired) electrons. The predicted molar refractivity (Wildman–Crippen MR) is 76.2 cm³/mol. The Morgan fingerprint density at radius 1 is 1.35 bits per heavy atom. The lowest BCUT2D eigenvalue weighted by Crippen LogP contribution is -2.15. The zero-order chi connectivity index (χ0) is 14.5. The van der Waals surface area contributed by atoms with E-state index in [0.717, 1.165) is 0 Å². The monoisotopic (exact) mass is 290 g/mol. The van der Waals surface area contributed by atoms with Gasteiger partial charge in [-0.2, -0.15) is 0 Å². The highest BCUT2D eigenvalue weighted by atomic mass is 35.5. The van der Waals surface area contributed by atoms with Crippen LogP contribution in [0.15, 0.2) is 47.8 Å². The molecule has 4 N–H and O–H groups in total. The summed E-state index contributed by atoms with van der Waals surface area (Å²) in [5.41, 5.74) is 6.60. The summed E-state index contributed by atoms with van der Waals surface area (Å²) in [5, 5.41) is 14.4. The number of nitrogens with two attached hydrogens (primary N) is 1. The lowest BCUT2D eigenvalue weighted by Gasteiger charge is -2.08. The highest BCUT2D eigenvalue weighted by Crippen LogP contribution is 2.23. The second-order valence-electron chi connectivity index (χ2n) is 3.85. The van der Waals surface area contributed by atoms with E-state index in [9.17, 15) is 4.79 Å². The molecule has 20 heavy (non-hydrogen) atoms. The molecule has 0 fully saturated rings. The third-order valence-corrected chi connectivity index (χ3v) is 2.83. The fraction of sp³-hybridized carbons (Fsp3) is 0. The van der Waals surface area contributed by atoms with E-state index in [1.54, 1.807) is 30.3 Å². The Kier molecular flexibility index (Phi) is 4.17. The molecular weight excluding hydrogens is 280 g/mol. The number of rotatable bonds is 3. The molecule has 0 saturated carbocycles. The molecule has 0 atom stereocenters. The molecule has 1 heterocycles. The minimum atomic E-state index is -0.371. The van der Waals surface area contributed by atoms with Gasteiger partial charge in [-0.15, -0.1) is 0 Å². The summed E-state index contributed by atoms with van der Waals surface area (Å²) in [4.78, 5) is 15.9. The Morgan fingerprint density at radius 3 is 2.75 bits per heavy atom. The van der Waals surface area contributed by atoms with Crippen LogP contribution in [0.4, 0.5) is 5.69 Å². The van der Waals surface area contributed by atoms with Crippen LogP contribution in [-0.4, -0.2) is 21.9 Å². The molecule has 0 bridgehead atoms. The average molecular weight is 291 g/mol. The minimum absolute atomic E-state index is 0.0606. The molecule has 0 aliphatic heterocycles. The number of carbonyl (C=O) groups excluding carboxylic acids is 1. The van der Waals surface area contributed by atoms with Crippen molar-refractivity contribution in [1.29, 1.82) is 0 Å². The molecule has 1 amide bonds. The number of benzene rings is 1. The standard InChI is InChI=1S/C13H11ClN4O2/c14-9-7-8(12(15)18-20)4-5-10(9)17-13(19)11-3-1-2-6-16-11/h1-7,20H,(H2,15,18)(H,17,19).